The van der Waals surface area contributed by atoms with E-state index in [0.717, 1.165) is 5.56 Å². The molecule has 22 heavy (non-hydrogen) atoms. The van der Waals surface area contributed by atoms with E-state index in [-0.39, 0.29) is 12.0 Å². The van der Waals surface area contributed by atoms with Crippen LogP contribution < -0.4 is 0 Å². The zero-order chi connectivity index (χ0) is 16.8. The van der Waals surface area contributed by atoms with Crippen LogP contribution in [0.3, 0.4) is 0 Å². The first-order chi connectivity index (χ1) is 11.1. The molecule has 0 saturated carbocycles. The molecule has 0 saturated heterocycles. The van der Waals surface area contributed by atoms with Gasteiger partial charge in [-0.1, -0.05) is 44.2 Å². The Kier molecular flexibility index (Phi) is 4.77. The largest absolute Gasteiger partial charge is 0.299 e. The van der Waals surface area contributed by atoms with E-state index in [4.69, 9.17) is 1.37 Å². The molecule has 0 spiro atoms. The number of hydrogen-bond acceptors (Lipinski definition) is 5. The Morgan fingerprint density at radius 2 is 1.86 bits per heavy atom. The molecule has 112 valence electrons. The molecule has 0 aliphatic heterocycles. The topological polar surface area (TPSA) is 68.6 Å². The normalized spacial score (nSPS) is 12.0. The van der Waals surface area contributed by atoms with E-state index in [2.05, 4.69) is 19.9 Å². The average molecular weight is 295 g/mol. The fourth-order valence-corrected chi connectivity index (χ4v) is 2.09. The van der Waals surface area contributed by atoms with Crippen LogP contribution in [0.1, 0.15) is 39.4 Å². The van der Waals surface area contributed by atoms with Gasteiger partial charge in [0.1, 0.15) is 23.0 Å². The fraction of sp³-hybridized carbons (Fsp3) is 0.235. The van der Waals surface area contributed by atoms with E-state index >= 15 is 0 Å². The highest BCUT2D eigenvalue weighted by atomic mass is 16.1. The molecule has 0 radical (unpaired) electrons. The number of hydrogen-bond donors (Lipinski definition) is 0. The second-order valence-electron chi connectivity index (χ2n) is 4.39. The smallest absolute Gasteiger partial charge is 0.181 e. The van der Waals surface area contributed by atoms with E-state index in [1.165, 1.54) is 19.3 Å². The van der Waals surface area contributed by atoms with Crippen LogP contribution >= 0.6 is 0 Å². The van der Waals surface area contributed by atoms with Crippen molar-refractivity contribution in [2.45, 2.75) is 26.7 Å². The Morgan fingerprint density at radius 3 is 2.55 bits per heavy atom. The summed E-state index contributed by atoms with van der Waals surface area (Å²) in [6.07, 6.45) is 2.90. The van der Waals surface area contributed by atoms with E-state index in [9.17, 15) is 4.79 Å². The van der Waals surface area contributed by atoms with Crippen molar-refractivity contribution in [2.24, 2.45) is 0 Å². The number of carbonyl (C=O) groups is 1. The minimum absolute atomic E-state index is 0.0336. The van der Waals surface area contributed by atoms with Gasteiger partial charge in [0.15, 0.2) is 5.65 Å². The number of rotatable bonds is 3. The van der Waals surface area contributed by atoms with Gasteiger partial charge in [0.05, 0.1) is 7.57 Å². The van der Waals surface area contributed by atoms with Crippen molar-refractivity contribution in [1.29, 1.82) is 0 Å². The monoisotopic (exact) mass is 295 g/mol. The van der Waals surface area contributed by atoms with Gasteiger partial charge < -0.3 is 0 Å². The molecular formula is C17H18N4O. The van der Waals surface area contributed by atoms with Crippen molar-refractivity contribution in [3.05, 3.63) is 60.3 Å². The van der Waals surface area contributed by atoms with E-state index in [0.29, 0.717) is 17.0 Å². The number of aromatic nitrogens is 4. The summed E-state index contributed by atoms with van der Waals surface area (Å²) in [5.74, 6) is -0.205. The number of nitrogens with zero attached hydrogens (tertiary/aromatic N) is 4. The van der Waals surface area contributed by atoms with Gasteiger partial charge >= 0.3 is 0 Å². The highest BCUT2D eigenvalue weighted by Gasteiger charge is 2.22. The number of ketones is 1. The maximum Gasteiger partial charge on any atom is 0.181 e. The van der Waals surface area contributed by atoms with Gasteiger partial charge in [0.2, 0.25) is 0 Å². The fourth-order valence-electron chi connectivity index (χ4n) is 2.09. The summed E-state index contributed by atoms with van der Waals surface area (Å²) >= 11 is 0. The van der Waals surface area contributed by atoms with Gasteiger partial charge in [-0.3, -0.25) is 4.79 Å². The number of fused-ring (bicyclic) bond motifs is 1. The molecule has 5 nitrogen and oxygen atoms in total. The first-order valence-electron chi connectivity index (χ1n) is 7.67. The molecule has 2 heterocycles. The third-order valence-electron chi connectivity index (χ3n) is 3.00. The quantitative estimate of drug-likeness (QED) is 0.742. The lowest BCUT2D eigenvalue weighted by Gasteiger charge is -2.12. The minimum Gasteiger partial charge on any atom is -0.299 e. The second kappa shape index (κ2) is 7.36. The van der Waals surface area contributed by atoms with Crippen LogP contribution in [0, 0.1) is 0 Å². The molecule has 3 aromatic rings. The van der Waals surface area contributed by atoms with Crippen molar-refractivity contribution in [1.82, 2.24) is 19.9 Å². The van der Waals surface area contributed by atoms with Crippen molar-refractivity contribution in [3.63, 3.8) is 0 Å². The molecular weight excluding hydrogens is 276 g/mol. The maximum atomic E-state index is 12.0. The molecule has 3 rings (SSSR count). The van der Waals surface area contributed by atoms with Gasteiger partial charge in [-0.05, 0) is 12.5 Å². The van der Waals surface area contributed by atoms with Crippen molar-refractivity contribution < 1.29 is 6.17 Å². The molecule has 1 aromatic carbocycles. The maximum absolute atomic E-state index is 12.0. The Bertz CT molecular complexity index is 808. The zero-order valence-electron chi connectivity index (χ0n) is 13.8. The summed E-state index contributed by atoms with van der Waals surface area (Å²) in [7, 11) is 0. The third-order valence-corrected chi connectivity index (χ3v) is 3.00. The Morgan fingerprint density at radius 1 is 1.14 bits per heavy atom. The van der Waals surface area contributed by atoms with Crippen molar-refractivity contribution >= 4 is 16.9 Å². The van der Waals surface area contributed by atoms with Gasteiger partial charge in [-0.15, -0.1) is 0 Å². The number of carbonyl (C=O) groups excluding carboxylic acids is 1. The summed E-state index contributed by atoms with van der Waals surface area (Å²) < 4.78 is 7.50. The number of Topliss-reactive ketones (excluding diaryl/α,β-unsaturated/α-hetero) is 1. The van der Waals surface area contributed by atoms with Crippen LogP contribution in [0.2, 0.25) is 0 Å². The molecule has 0 aliphatic carbocycles. The van der Waals surface area contributed by atoms with E-state index in [1.54, 1.807) is 0 Å². The second-order valence-corrected chi connectivity index (χ2v) is 4.39. The van der Waals surface area contributed by atoms with Gasteiger partial charge in [-0.2, -0.15) is 0 Å². The molecule has 5 heteroatoms. The Balaban J connectivity index is 0.000000924. The molecule has 1 unspecified atom stereocenters. The molecule has 0 N–H and O–H groups in total. The van der Waals surface area contributed by atoms with Gasteiger partial charge in [-0.25, -0.2) is 19.9 Å². The lowest BCUT2D eigenvalue weighted by atomic mass is 9.94. The van der Waals surface area contributed by atoms with Crippen LogP contribution in [-0.4, -0.2) is 25.7 Å². The summed E-state index contributed by atoms with van der Waals surface area (Å²) in [5.41, 5.74) is 1.67. The lowest BCUT2D eigenvalue weighted by Crippen LogP contribution is -2.14. The summed E-state index contributed by atoms with van der Waals surface area (Å²) in [6.45, 7) is 5.51. The molecule has 2 aromatic heterocycles. The highest BCUT2D eigenvalue weighted by Crippen LogP contribution is 2.23. The number of benzene rings is 1. The third kappa shape index (κ3) is 3.31. The van der Waals surface area contributed by atoms with Crippen LogP contribution in [0.25, 0.3) is 11.2 Å². The van der Waals surface area contributed by atoms with E-state index in [1.807, 2.05) is 44.2 Å². The lowest BCUT2D eigenvalue weighted by molar-refractivity contribution is -0.117. The van der Waals surface area contributed by atoms with Crippen molar-refractivity contribution in [2.75, 3.05) is 0 Å². The molecule has 0 aliphatic rings. The van der Waals surface area contributed by atoms with Gasteiger partial charge in [0.25, 0.3) is 0 Å². The Hall–Kier alpha value is -2.69. The first-order valence-corrected chi connectivity index (χ1v) is 7.17. The van der Waals surface area contributed by atoms with Crippen molar-refractivity contribution in [3.8, 4) is 0 Å². The van der Waals surface area contributed by atoms with Crippen LogP contribution in [0.5, 0.6) is 0 Å². The zero-order valence-corrected chi connectivity index (χ0v) is 12.8. The van der Waals surface area contributed by atoms with E-state index < -0.39 is 5.92 Å². The van der Waals surface area contributed by atoms with Crippen LogP contribution in [-0.2, 0) is 4.79 Å². The predicted octanol–water partition coefficient (Wildman–Crippen LogP) is 3.17. The molecule has 0 bridgehead atoms. The minimum atomic E-state index is -0.535. The average Bonchev–Trinajstić information content (AvgIpc) is 2.57. The standard InChI is InChI=1S/C15H12N4O.C2H6/c1-10(20)13(11-5-3-2-4-6-11)15-18-9-12-14(19-15)17-8-7-16-12;1-2/h2-9,13H,1H3;1-2H3/i8D;. The SMILES string of the molecule is CC.[2H]c1cnc2cnc(C(C(C)=O)c3ccccc3)nc2n1. The van der Waals surface area contributed by atoms with Crippen LogP contribution in [0.4, 0.5) is 0 Å². The first kappa shape index (κ1) is 14.3. The predicted molar refractivity (Wildman–Crippen MR) is 85.4 cm³/mol. The summed E-state index contributed by atoms with van der Waals surface area (Å²) in [4.78, 5) is 28.6. The molecule has 0 amide bonds. The van der Waals surface area contributed by atoms with Gasteiger partial charge in [0, 0.05) is 12.4 Å². The summed E-state index contributed by atoms with van der Waals surface area (Å²) in [6, 6.07) is 9.36. The summed E-state index contributed by atoms with van der Waals surface area (Å²) in [5, 5.41) is 0. The van der Waals surface area contributed by atoms with Crippen LogP contribution in [0.15, 0.2) is 48.9 Å². The highest BCUT2D eigenvalue weighted by molar-refractivity contribution is 5.86. The molecule has 1 atom stereocenters. The molecule has 0 fully saturated rings. The Labute approximate surface area is 130 Å².